The fourth-order valence-corrected chi connectivity index (χ4v) is 14.9. The van der Waals surface area contributed by atoms with Crippen molar-refractivity contribution in [1.82, 2.24) is 0 Å². The predicted molar refractivity (Wildman–Crippen MR) is 432 cm³/mol. The van der Waals surface area contributed by atoms with Crippen LogP contribution in [0.15, 0.2) is 0 Å². The minimum atomic E-state index is -4.97. The van der Waals surface area contributed by atoms with E-state index in [0.717, 1.165) is 102 Å². The summed E-state index contributed by atoms with van der Waals surface area (Å²) in [7, 11) is -9.93. The summed E-state index contributed by atoms with van der Waals surface area (Å²) in [5.41, 5.74) is 0. The molecule has 0 saturated carbocycles. The van der Waals surface area contributed by atoms with E-state index in [0.29, 0.717) is 25.7 Å². The molecule has 0 spiro atoms. The van der Waals surface area contributed by atoms with Gasteiger partial charge >= 0.3 is 39.5 Å². The van der Waals surface area contributed by atoms with Crippen LogP contribution in [-0.4, -0.2) is 96.7 Å². The molecule has 0 aliphatic rings. The number of rotatable bonds is 85. The summed E-state index contributed by atoms with van der Waals surface area (Å²) in [5, 5.41) is 10.7. The van der Waals surface area contributed by atoms with Crippen LogP contribution in [0.25, 0.3) is 0 Å². The molecule has 7 atom stereocenters. The van der Waals surface area contributed by atoms with Gasteiger partial charge in [-0.15, -0.1) is 0 Å². The van der Waals surface area contributed by atoms with Crippen molar-refractivity contribution in [2.75, 3.05) is 39.6 Å². The van der Waals surface area contributed by atoms with E-state index < -0.39 is 97.5 Å². The zero-order valence-electron chi connectivity index (χ0n) is 69.0. The van der Waals surface area contributed by atoms with Crippen LogP contribution in [0.5, 0.6) is 0 Å². The second kappa shape index (κ2) is 77.4. The maximum absolute atomic E-state index is 13.1. The molecule has 19 heteroatoms. The van der Waals surface area contributed by atoms with Crippen LogP contribution in [0, 0.1) is 11.8 Å². The molecule has 624 valence electrons. The first-order valence-corrected chi connectivity index (χ1v) is 47.6. The van der Waals surface area contributed by atoms with Crippen LogP contribution in [0.2, 0.25) is 0 Å². The number of hydrogen-bond acceptors (Lipinski definition) is 15. The summed E-state index contributed by atoms with van der Waals surface area (Å²) >= 11 is 0. The van der Waals surface area contributed by atoms with Gasteiger partial charge in [0.15, 0.2) is 12.2 Å². The summed E-state index contributed by atoms with van der Waals surface area (Å²) in [5.74, 6) is -0.464. The molecule has 0 heterocycles. The van der Waals surface area contributed by atoms with Crippen LogP contribution in [0.4, 0.5) is 0 Å². The molecule has 0 fully saturated rings. The third-order valence-corrected chi connectivity index (χ3v) is 22.8. The third kappa shape index (κ3) is 77.2. The zero-order chi connectivity index (χ0) is 77.1. The average Bonchev–Trinajstić information content (AvgIpc) is 0.937. The molecular formula is C86H168O17P2. The fraction of sp³-hybridized carbons (Fsp3) is 0.953. The highest BCUT2D eigenvalue weighted by Crippen LogP contribution is 2.45. The Morgan fingerprint density at radius 3 is 0.676 bits per heavy atom. The highest BCUT2D eigenvalue weighted by Gasteiger charge is 2.30. The van der Waals surface area contributed by atoms with Gasteiger partial charge in [-0.25, -0.2) is 9.13 Å². The van der Waals surface area contributed by atoms with Gasteiger partial charge in [0.2, 0.25) is 0 Å². The molecule has 0 aromatic carbocycles. The number of phosphoric acid groups is 2. The molecule has 0 aromatic rings. The number of phosphoric ester groups is 2. The Balaban J connectivity index is 5.21. The Bertz CT molecular complexity index is 2010. The Kier molecular flexibility index (Phi) is 76.0. The zero-order valence-corrected chi connectivity index (χ0v) is 70.8. The van der Waals surface area contributed by atoms with Crippen molar-refractivity contribution in [2.24, 2.45) is 11.8 Å². The number of carbonyl (C=O) groups is 4. The van der Waals surface area contributed by atoms with Gasteiger partial charge in [0.05, 0.1) is 26.4 Å². The van der Waals surface area contributed by atoms with Crippen molar-refractivity contribution in [3.63, 3.8) is 0 Å². The standard InChI is InChI=1S/C86H168O17P2/c1-7-11-13-15-17-19-21-22-23-24-25-26-30-33-36-40-44-51-57-63-69-84(89)97-74-81(102-85(90)70-64-58-52-45-41-37-34-31-28-27-29-32-35-39-42-48-54-60-66-78(5)9-3)76-100-104(92,93)98-72-80(87)73-99-105(94,95)101-77-82(75-96-83(88)68-62-56-50-43-38-20-18-16-14-12-8-2)103-86(91)71-65-59-53-47-46-49-55-61-67-79(6)10-4/h78-82,87H,7-77H2,1-6H3,(H,92,93)(H,94,95)/t78?,79?,80-,81-,82-/m1/s1. The SMILES string of the molecule is CCCCCCCCCCCCCCCCCCCCCCC(=O)OC[C@H](COP(=O)(O)OC[C@@H](O)COP(=O)(O)OC[C@@H](COC(=O)CCCCCCCCCCCCC)OC(=O)CCCCCCCCCCC(C)CC)OC(=O)CCCCCCCCCCCCCCCCCCCCC(C)CC. The highest BCUT2D eigenvalue weighted by atomic mass is 31.2. The van der Waals surface area contributed by atoms with Crippen molar-refractivity contribution < 1.29 is 80.2 Å². The van der Waals surface area contributed by atoms with Gasteiger partial charge in [0.1, 0.15) is 19.3 Å². The first-order chi connectivity index (χ1) is 50.9. The maximum Gasteiger partial charge on any atom is 0.472 e. The molecule has 0 radical (unpaired) electrons. The van der Waals surface area contributed by atoms with Gasteiger partial charge in [0.25, 0.3) is 0 Å². The quantitative estimate of drug-likeness (QED) is 0.0222. The molecule has 0 aromatic heterocycles. The highest BCUT2D eigenvalue weighted by molar-refractivity contribution is 7.47. The van der Waals surface area contributed by atoms with E-state index in [1.165, 1.54) is 276 Å². The summed E-state index contributed by atoms with van der Waals surface area (Å²) in [6.07, 6.45) is 69.4. The number of aliphatic hydroxyl groups excluding tert-OH is 1. The number of carbonyl (C=O) groups excluding carboxylic acids is 4. The number of unbranched alkanes of at least 4 members (excludes halogenated alkanes) is 53. The van der Waals surface area contributed by atoms with Gasteiger partial charge in [-0.1, -0.05) is 408 Å². The van der Waals surface area contributed by atoms with E-state index in [4.69, 9.17) is 37.0 Å². The van der Waals surface area contributed by atoms with E-state index in [2.05, 4.69) is 41.5 Å². The smallest absolute Gasteiger partial charge is 0.462 e. The first kappa shape index (κ1) is 103. The minimum absolute atomic E-state index is 0.106. The second-order valence-electron chi connectivity index (χ2n) is 31.4. The normalized spacial score (nSPS) is 14.3. The summed E-state index contributed by atoms with van der Waals surface area (Å²) < 4.78 is 68.9. The Morgan fingerprint density at radius 1 is 0.267 bits per heavy atom. The van der Waals surface area contributed by atoms with Crippen molar-refractivity contribution in [2.45, 2.75) is 477 Å². The van der Waals surface area contributed by atoms with Crippen molar-refractivity contribution in [3.05, 3.63) is 0 Å². The van der Waals surface area contributed by atoms with Crippen molar-refractivity contribution in [1.29, 1.82) is 0 Å². The number of hydrogen-bond donors (Lipinski definition) is 3. The van der Waals surface area contributed by atoms with Gasteiger partial charge in [-0.3, -0.25) is 37.3 Å². The fourth-order valence-electron chi connectivity index (χ4n) is 13.4. The molecule has 4 unspecified atom stereocenters. The molecule has 17 nitrogen and oxygen atoms in total. The monoisotopic (exact) mass is 1540 g/mol. The maximum atomic E-state index is 13.1. The van der Waals surface area contributed by atoms with Gasteiger partial charge < -0.3 is 33.8 Å². The van der Waals surface area contributed by atoms with Crippen LogP contribution in [0.1, 0.15) is 459 Å². The van der Waals surface area contributed by atoms with Gasteiger partial charge in [-0.2, -0.15) is 0 Å². The van der Waals surface area contributed by atoms with Crippen LogP contribution in [-0.2, 0) is 65.4 Å². The molecule has 105 heavy (non-hydrogen) atoms. The van der Waals surface area contributed by atoms with Crippen molar-refractivity contribution >= 4 is 39.5 Å². The first-order valence-electron chi connectivity index (χ1n) is 44.6. The van der Waals surface area contributed by atoms with Crippen LogP contribution in [0.3, 0.4) is 0 Å². The molecular weight excluding hydrogens is 1370 g/mol. The van der Waals surface area contributed by atoms with E-state index >= 15 is 0 Å². The lowest BCUT2D eigenvalue weighted by Crippen LogP contribution is -2.30. The lowest BCUT2D eigenvalue weighted by molar-refractivity contribution is -0.161. The summed E-state index contributed by atoms with van der Waals surface area (Å²) in [6, 6.07) is 0. The molecule has 0 bridgehead atoms. The topological polar surface area (TPSA) is 237 Å². The van der Waals surface area contributed by atoms with Crippen molar-refractivity contribution in [3.8, 4) is 0 Å². The van der Waals surface area contributed by atoms with E-state index in [1.54, 1.807) is 0 Å². The molecule has 0 aliphatic carbocycles. The molecule has 0 rings (SSSR count). The Hall–Kier alpha value is -1.94. The number of esters is 4. The van der Waals surface area contributed by atoms with E-state index in [1.807, 2.05) is 0 Å². The largest absolute Gasteiger partial charge is 0.472 e. The van der Waals surface area contributed by atoms with Gasteiger partial charge in [0, 0.05) is 25.7 Å². The molecule has 0 aliphatic heterocycles. The minimum Gasteiger partial charge on any atom is -0.462 e. The number of ether oxygens (including phenoxy) is 4. The Labute approximate surface area is 645 Å². The van der Waals surface area contributed by atoms with Gasteiger partial charge in [-0.05, 0) is 37.5 Å². The molecule has 0 saturated heterocycles. The lowest BCUT2D eigenvalue weighted by Gasteiger charge is -2.21. The summed E-state index contributed by atoms with van der Waals surface area (Å²) in [4.78, 5) is 73.2. The molecule has 0 amide bonds. The molecule has 3 N–H and O–H groups in total. The van der Waals surface area contributed by atoms with Crippen LogP contribution < -0.4 is 0 Å². The third-order valence-electron chi connectivity index (χ3n) is 20.9. The predicted octanol–water partition coefficient (Wildman–Crippen LogP) is 26.2. The lowest BCUT2D eigenvalue weighted by atomic mass is 9.99. The Morgan fingerprint density at radius 2 is 0.457 bits per heavy atom. The number of aliphatic hydroxyl groups is 1. The summed E-state index contributed by atoms with van der Waals surface area (Å²) in [6.45, 7) is 9.72. The van der Waals surface area contributed by atoms with E-state index in [9.17, 15) is 43.2 Å². The van der Waals surface area contributed by atoms with E-state index in [-0.39, 0.29) is 25.7 Å². The average molecular weight is 1540 g/mol. The second-order valence-corrected chi connectivity index (χ2v) is 34.3. The van der Waals surface area contributed by atoms with Crippen LogP contribution >= 0.6 is 15.6 Å².